The summed E-state index contributed by atoms with van der Waals surface area (Å²) in [6.07, 6.45) is 5.03. The molecule has 0 unspecified atom stereocenters. The summed E-state index contributed by atoms with van der Waals surface area (Å²) in [6, 6.07) is 5.38. The van der Waals surface area contributed by atoms with Crippen molar-refractivity contribution < 1.29 is 14.7 Å². The number of hydrogen-bond acceptors (Lipinski definition) is 4. The fourth-order valence-corrected chi connectivity index (χ4v) is 3.41. The summed E-state index contributed by atoms with van der Waals surface area (Å²) in [4.78, 5) is 26.7. The molecule has 0 radical (unpaired) electrons. The Kier molecular flexibility index (Phi) is 5.47. The van der Waals surface area contributed by atoms with E-state index in [9.17, 15) is 14.7 Å². The molecule has 7 nitrogen and oxygen atoms in total. The lowest BCUT2D eigenvalue weighted by Gasteiger charge is -2.20. The highest BCUT2D eigenvalue weighted by atomic mass is 79.9. The molecule has 1 aromatic heterocycles. The van der Waals surface area contributed by atoms with Crippen LogP contribution < -0.4 is 5.32 Å². The number of H-pyrrole nitrogens is 1. The molecular weight excluding hydrogens is 388 g/mol. The van der Waals surface area contributed by atoms with E-state index < -0.39 is 5.91 Å². The Morgan fingerprint density at radius 3 is 2.80 bits per heavy atom. The van der Waals surface area contributed by atoms with Gasteiger partial charge in [-0.05, 0) is 31.0 Å². The maximum atomic E-state index is 12.0. The first-order valence-electron chi connectivity index (χ1n) is 8.27. The first kappa shape index (κ1) is 17.6. The van der Waals surface area contributed by atoms with Crippen molar-refractivity contribution in [2.45, 2.75) is 32.1 Å². The number of carbonyl (C=O) groups excluding carboxylic acids is 2. The van der Waals surface area contributed by atoms with Crippen molar-refractivity contribution in [1.82, 2.24) is 10.3 Å². The smallest absolute Gasteiger partial charge is 0.283 e. The lowest BCUT2D eigenvalue weighted by molar-refractivity contribution is -0.128. The zero-order valence-electron chi connectivity index (χ0n) is 13.6. The Balaban J connectivity index is 1.62. The summed E-state index contributed by atoms with van der Waals surface area (Å²) >= 11 is 3.35. The van der Waals surface area contributed by atoms with Crippen LogP contribution in [0.15, 0.2) is 32.9 Å². The Bertz CT molecular complexity index is 825. The number of amides is 2. The van der Waals surface area contributed by atoms with Crippen LogP contribution >= 0.6 is 15.9 Å². The lowest BCUT2D eigenvalue weighted by Crippen LogP contribution is -2.35. The van der Waals surface area contributed by atoms with Crippen LogP contribution in [0.25, 0.3) is 10.9 Å². The van der Waals surface area contributed by atoms with Gasteiger partial charge in [0.05, 0.1) is 5.52 Å². The predicted molar refractivity (Wildman–Crippen MR) is 96.8 cm³/mol. The largest absolute Gasteiger partial charge is 0.493 e. The minimum Gasteiger partial charge on any atom is -0.493 e. The second-order valence-corrected chi connectivity index (χ2v) is 7.07. The SMILES string of the molecule is O=C(CNC(=O)C1CCCCC1)N=Nc1c(O)[nH]c2ccc(Br)cc12. The minimum absolute atomic E-state index is 0.00602. The van der Waals surface area contributed by atoms with E-state index in [1.54, 1.807) is 12.1 Å². The number of nitrogens with zero attached hydrogens (tertiary/aromatic N) is 2. The van der Waals surface area contributed by atoms with E-state index in [0.717, 1.165) is 30.2 Å². The predicted octanol–water partition coefficient (Wildman–Crippen LogP) is 3.94. The second kappa shape index (κ2) is 7.77. The molecular formula is C17H19BrN4O3. The number of benzene rings is 1. The monoisotopic (exact) mass is 406 g/mol. The molecule has 3 rings (SSSR count). The van der Waals surface area contributed by atoms with Crippen molar-refractivity contribution in [3.8, 4) is 5.88 Å². The van der Waals surface area contributed by atoms with E-state index in [1.165, 1.54) is 6.42 Å². The van der Waals surface area contributed by atoms with Gasteiger partial charge in [-0.25, -0.2) is 0 Å². The van der Waals surface area contributed by atoms with Gasteiger partial charge in [0.2, 0.25) is 11.8 Å². The molecule has 0 spiro atoms. The molecule has 0 bridgehead atoms. The Labute approximate surface area is 153 Å². The number of carbonyl (C=O) groups is 2. The van der Waals surface area contributed by atoms with Gasteiger partial charge >= 0.3 is 0 Å². The normalized spacial score (nSPS) is 15.7. The highest BCUT2D eigenvalue weighted by Gasteiger charge is 2.21. The Hall–Kier alpha value is -2.22. The number of aromatic nitrogens is 1. The van der Waals surface area contributed by atoms with Crippen molar-refractivity contribution in [3.63, 3.8) is 0 Å². The molecule has 1 fully saturated rings. The van der Waals surface area contributed by atoms with Crippen molar-refractivity contribution in [3.05, 3.63) is 22.7 Å². The molecule has 2 amide bonds. The highest BCUT2D eigenvalue weighted by molar-refractivity contribution is 9.10. The van der Waals surface area contributed by atoms with Gasteiger partial charge in [-0.3, -0.25) is 9.59 Å². The van der Waals surface area contributed by atoms with Gasteiger partial charge in [-0.15, -0.1) is 10.2 Å². The molecule has 8 heteroatoms. The van der Waals surface area contributed by atoms with Gasteiger partial charge in [0.25, 0.3) is 5.91 Å². The van der Waals surface area contributed by atoms with Crippen LogP contribution in [0.4, 0.5) is 5.69 Å². The van der Waals surface area contributed by atoms with Gasteiger partial charge in [0, 0.05) is 15.8 Å². The summed E-state index contributed by atoms with van der Waals surface area (Å²) in [7, 11) is 0. The third kappa shape index (κ3) is 4.25. The van der Waals surface area contributed by atoms with Crippen LogP contribution in [0.1, 0.15) is 32.1 Å². The average Bonchev–Trinajstić information content (AvgIpc) is 2.93. The molecule has 1 saturated carbocycles. The molecule has 1 heterocycles. The van der Waals surface area contributed by atoms with Gasteiger partial charge in [0.15, 0.2) is 5.69 Å². The van der Waals surface area contributed by atoms with Crippen LogP contribution in [0.3, 0.4) is 0 Å². The summed E-state index contributed by atoms with van der Waals surface area (Å²) in [5.74, 6) is -0.820. The number of azo groups is 1. The van der Waals surface area contributed by atoms with Gasteiger partial charge in [0.1, 0.15) is 6.54 Å². The van der Waals surface area contributed by atoms with E-state index in [-0.39, 0.29) is 29.9 Å². The number of aromatic amines is 1. The maximum Gasteiger partial charge on any atom is 0.283 e. The van der Waals surface area contributed by atoms with E-state index in [1.807, 2.05) is 6.07 Å². The second-order valence-electron chi connectivity index (χ2n) is 6.16. The number of fused-ring (bicyclic) bond motifs is 1. The van der Waals surface area contributed by atoms with E-state index in [4.69, 9.17) is 0 Å². The van der Waals surface area contributed by atoms with Gasteiger partial charge < -0.3 is 15.4 Å². The van der Waals surface area contributed by atoms with Crippen LogP contribution in [0.2, 0.25) is 0 Å². The summed E-state index contributed by atoms with van der Waals surface area (Å²) < 4.78 is 0.821. The molecule has 25 heavy (non-hydrogen) atoms. The van der Waals surface area contributed by atoms with Crippen LogP contribution in [-0.2, 0) is 9.59 Å². The molecule has 132 valence electrons. The topological polar surface area (TPSA) is 107 Å². The standard InChI is InChI=1S/C17H19BrN4O3/c18-11-6-7-13-12(8-11)15(17(25)20-13)22-21-14(23)9-19-16(24)10-4-2-1-3-5-10/h6-8,10,20,25H,1-5,9H2,(H,19,24). The van der Waals surface area contributed by atoms with Crippen LogP contribution in [-0.4, -0.2) is 28.4 Å². The van der Waals surface area contributed by atoms with E-state index >= 15 is 0 Å². The van der Waals surface area contributed by atoms with E-state index in [0.29, 0.717) is 10.9 Å². The molecule has 0 atom stereocenters. The first-order valence-corrected chi connectivity index (χ1v) is 9.06. The molecule has 1 aliphatic carbocycles. The molecule has 3 N–H and O–H groups in total. The number of nitrogens with one attached hydrogen (secondary N) is 2. The molecule has 0 saturated heterocycles. The third-order valence-corrected chi connectivity index (χ3v) is 4.86. The van der Waals surface area contributed by atoms with Crippen molar-refractivity contribution in [2.24, 2.45) is 16.1 Å². The van der Waals surface area contributed by atoms with Crippen LogP contribution in [0.5, 0.6) is 5.88 Å². The first-order chi connectivity index (χ1) is 12.0. The number of aromatic hydroxyl groups is 1. The van der Waals surface area contributed by atoms with Gasteiger partial charge in [-0.1, -0.05) is 35.2 Å². The summed E-state index contributed by atoms with van der Waals surface area (Å²) in [5, 5.41) is 20.6. The van der Waals surface area contributed by atoms with Crippen molar-refractivity contribution in [2.75, 3.05) is 6.54 Å². The number of rotatable bonds is 4. The van der Waals surface area contributed by atoms with E-state index in [2.05, 4.69) is 36.5 Å². The Morgan fingerprint density at radius 1 is 1.28 bits per heavy atom. The number of halogens is 1. The molecule has 1 aromatic carbocycles. The fraction of sp³-hybridized carbons (Fsp3) is 0.412. The number of hydrogen-bond donors (Lipinski definition) is 3. The average molecular weight is 407 g/mol. The lowest BCUT2D eigenvalue weighted by atomic mass is 9.89. The molecule has 1 aliphatic rings. The maximum absolute atomic E-state index is 12.0. The molecule has 0 aliphatic heterocycles. The Morgan fingerprint density at radius 2 is 2.04 bits per heavy atom. The van der Waals surface area contributed by atoms with Crippen molar-refractivity contribution >= 4 is 44.3 Å². The summed E-state index contributed by atoms with van der Waals surface area (Å²) in [5.41, 5.74) is 0.885. The van der Waals surface area contributed by atoms with Crippen LogP contribution in [0, 0.1) is 5.92 Å². The summed E-state index contributed by atoms with van der Waals surface area (Å²) in [6.45, 7) is -0.189. The third-order valence-electron chi connectivity index (χ3n) is 4.37. The minimum atomic E-state index is -0.562. The molecule has 2 aromatic rings. The fourth-order valence-electron chi connectivity index (χ4n) is 3.05. The van der Waals surface area contributed by atoms with Crippen molar-refractivity contribution in [1.29, 1.82) is 0 Å². The zero-order chi connectivity index (χ0) is 17.8. The zero-order valence-corrected chi connectivity index (χ0v) is 15.2. The quantitative estimate of drug-likeness (QED) is 0.668. The van der Waals surface area contributed by atoms with Gasteiger partial charge in [-0.2, -0.15) is 0 Å². The highest BCUT2D eigenvalue weighted by Crippen LogP contribution is 2.36.